The molecule has 0 unspecified atom stereocenters. The molecule has 0 saturated carbocycles. The molecule has 1 aliphatic rings. The molecule has 5 nitrogen and oxygen atoms in total. The Morgan fingerprint density at radius 2 is 1.81 bits per heavy atom. The van der Waals surface area contributed by atoms with Crippen LogP contribution in [0.1, 0.15) is 30.5 Å². The zero-order valence-corrected chi connectivity index (χ0v) is 16.2. The molecule has 1 fully saturated rings. The van der Waals surface area contributed by atoms with Crippen LogP contribution in [-0.2, 0) is 4.79 Å². The fourth-order valence-corrected chi connectivity index (χ4v) is 3.66. The Morgan fingerprint density at radius 1 is 1.15 bits per heavy atom. The lowest BCUT2D eigenvalue weighted by Crippen LogP contribution is -3.16. The molecule has 27 heavy (non-hydrogen) atoms. The van der Waals surface area contributed by atoms with Crippen molar-refractivity contribution in [3.8, 4) is 5.75 Å². The van der Waals surface area contributed by atoms with Gasteiger partial charge in [-0.25, -0.2) is 0 Å². The van der Waals surface area contributed by atoms with Gasteiger partial charge in [0.25, 0.3) is 5.91 Å². The molecule has 1 aliphatic heterocycles. The largest absolute Gasteiger partial charge is 0.506 e. The number of benzene rings is 2. The average molecular weight is 369 g/mol. The molecule has 3 rings (SSSR count). The van der Waals surface area contributed by atoms with E-state index < -0.39 is 0 Å². The van der Waals surface area contributed by atoms with Gasteiger partial charge in [0.15, 0.2) is 6.54 Å². The van der Waals surface area contributed by atoms with Crippen molar-refractivity contribution in [3.05, 3.63) is 59.7 Å². The number of nitrogens with one attached hydrogen (secondary N) is 2. The third kappa shape index (κ3) is 5.01. The van der Waals surface area contributed by atoms with E-state index in [1.807, 2.05) is 18.2 Å². The Morgan fingerprint density at radius 3 is 2.44 bits per heavy atom. The van der Waals surface area contributed by atoms with Gasteiger partial charge in [-0.2, -0.15) is 0 Å². The number of hydrogen-bond acceptors (Lipinski definition) is 3. The van der Waals surface area contributed by atoms with Gasteiger partial charge < -0.3 is 20.2 Å². The van der Waals surface area contributed by atoms with E-state index in [0.717, 1.165) is 43.9 Å². The SMILES string of the molecule is CC[C@@H](NC(=O)C[NH+]1CCN(c2ccccc2O)CC1)c1ccc(C)cc1. The van der Waals surface area contributed by atoms with Gasteiger partial charge in [0, 0.05) is 0 Å². The van der Waals surface area contributed by atoms with E-state index in [2.05, 4.69) is 48.3 Å². The number of aromatic hydroxyl groups is 1. The van der Waals surface area contributed by atoms with Gasteiger partial charge in [-0.05, 0) is 31.0 Å². The van der Waals surface area contributed by atoms with Gasteiger partial charge in [0.05, 0.1) is 37.9 Å². The molecule has 144 valence electrons. The minimum Gasteiger partial charge on any atom is -0.506 e. The highest BCUT2D eigenvalue weighted by atomic mass is 16.3. The number of nitrogens with zero attached hydrogens (tertiary/aromatic N) is 1. The summed E-state index contributed by atoms with van der Waals surface area (Å²) >= 11 is 0. The first-order chi connectivity index (χ1) is 13.1. The third-order valence-electron chi connectivity index (χ3n) is 5.33. The maximum atomic E-state index is 12.5. The number of hydrogen-bond donors (Lipinski definition) is 3. The van der Waals surface area contributed by atoms with Crippen LogP contribution in [0.3, 0.4) is 0 Å². The highest BCUT2D eigenvalue weighted by molar-refractivity contribution is 5.77. The van der Waals surface area contributed by atoms with Crippen molar-refractivity contribution >= 4 is 11.6 Å². The van der Waals surface area contributed by atoms with Crippen molar-refractivity contribution in [1.82, 2.24) is 5.32 Å². The zero-order valence-electron chi connectivity index (χ0n) is 16.2. The van der Waals surface area contributed by atoms with E-state index in [-0.39, 0.29) is 11.9 Å². The molecule has 0 aromatic heterocycles. The van der Waals surface area contributed by atoms with Gasteiger partial charge in [0.1, 0.15) is 5.75 Å². The summed E-state index contributed by atoms with van der Waals surface area (Å²) in [5, 5.41) is 13.2. The van der Waals surface area contributed by atoms with Crippen molar-refractivity contribution in [2.75, 3.05) is 37.6 Å². The first kappa shape index (κ1) is 19.2. The van der Waals surface area contributed by atoms with Crippen LogP contribution in [0.5, 0.6) is 5.75 Å². The van der Waals surface area contributed by atoms with E-state index in [4.69, 9.17) is 0 Å². The quantitative estimate of drug-likeness (QED) is 0.727. The number of rotatable bonds is 6. The molecule has 1 amide bonds. The molecule has 1 saturated heterocycles. The lowest BCUT2D eigenvalue weighted by molar-refractivity contribution is -0.892. The smallest absolute Gasteiger partial charge is 0.275 e. The van der Waals surface area contributed by atoms with Gasteiger partial charge >= 0.3 is 0 Å². The molecule has 0 bridgehead atoms. The summed E-state index contributed by atoms with van der Waals surface area (Å²) in [5.41, 5.74) is 3.27. The predicted octanol–water partition coefficient (Wildman–Crippen LogP) is 1.67. The van der Waals surface area contributed by atoms with Gasteiger partial charge in [-0.15, -0.1) is 0 Å². The monoisotopic (exact) mass is 368 g/mol. The second-order valence-electron chi connectivity index (χ2n) is 7.34. The van der Waals surface area contributed by atoms with Crippen molar-refractivity contribution in [1.29, 1.82) is 0 Å². The van der Waals surface area contributed by atoms with E-state index in [1.165, 1.54) is 10.5 Å². The van der Waals surface area contributed by atoms with Crippen LogP contribution in [0, 0.1) is 6.92 Å². The Hall–Kier alpha value is -2.53. The maximum Gasteiger partial charge on any atom is 0.275 e. The topological polar surface area (TPSA) is 57.0 Å². The second kappa shape index (κ2) is 8.91. The molecule has 1 atom stereocenters. The van der Waals surface area contributed by atoms with Crippen LogP contribution in [0.15, 0.2) is 48.5 Å². The van der Waals surface area contributed by atoms with E-state index in [0.29, 0.717) is 12.3 Å². The lowest BCUT2D eigenvalue weighted by Gasteiger charge is -2.33. The van der Waals surface area contributed by atoms with Gasteiger partial charge in [-0.3, -0.25) is 4.79 Å². The highest BCUT2D eigenvalue weighted by Gasteiger charge is 2.24. The van der Waals surface area contributed by atoms with Crippen LogP contribution in [0.2, 0.25) is 0 Å². The number of quaternary nitrogens is 1. The van der Waals surface area contributed by atoms with Gasteiger partial charge in [-0.1, -0.05) is 48.9 Å². The third-order valence-corrected chi connectivity index (χ3v) is 5.33. The van der Waals surface area contributed by atoms with E-state index >= 15 is 0 Å². The van der Waals surface area contributed by atoms with Crippen LogP contribution in [0.25, 0.3) is 0 Å². The first-order valence-electron chi connectivity index (χ1n) is 9.79. The number of piperazine rings is 1. The number of anilines is 1. The summed E-state index contributed by atoms with van der Waals surface area (Å²) in [6, 6.07) is 15.9. The van der Waals surface area contributed by atoms with E-state index in [1.54, 1.807) is 6.07 Å². The molecular formula is C22H30N3O2+. The fraction of sp³-hybridized carbons (Fsp3) is 0.409. The summed E-state index contributed by atoms with van der Waals surface area (Å²) in [6.45, 7) is 8.14. The Balaban J connectivity index is 1.50. The number of carbonyl (C=O) groups excluding carboxylic acids is 1. The van der Waals surface area contributed by atoms with E-state index in [9.17, 15) is 9.90 Å². The number of phenols is 1. The lowest BCUT2D eigenvalue weighted by atomic mass is 10.0. The summed E-state index contributed by atoms with van der Waals surface area (Å²) in [4.78, 5) is 16.0. The Kier molecular flexibility index (Phi) is 6.35. The number of phenolic OH excluding ortho intramolecular Hbond substituents is 1. The average Bonchev–Trinajstić information content (AvgIpc) is 2.68. The maximum absolute atomic E-state index is 12.5. The molecule has 2 aromatic carbocycles. The highest BCUT2D eigenvalue weighted by Crippen LogP contribution is 2.26. The first-order valence-corrected chi connectivity index (χ1v) is 9.79. The summed E-state index contributed by atoms with van der Waals surface area (Å²) in [5.74, 6) is 0.427. The summed E-state index contributed by atoms with van der Waals surface area (Å²) in [6.07, 6.45) is 0.880. The second-order valence-corrected chi connectivity index (χ2v) is 7.34. The minimum atomic E-state index is 0.0695. The van der Waals surface area contributed by atoms with Crippen LogP contribution < -0.4 is 15.1 Å². The number of para-hydroxylation sites is 2. The van der Waals surface area contributed by atoms with Crippen LogP contribution in [-0.4, -0.2) is 43.7 Å². The number of amides is 1. The number of carbonyl (C=O) groups is 1. The van der Waals surface area contributed by atoms with Crippen LogP contribution in [0.4, 0.5) is 5.69 Å². The minimum absolute atomic E-state index is 0.0695. The molecule has 0 radical (unpaired) electrons. The van der Waals surface area contributed by atoms with Crippen molar-refractivity contribution in [3.63, 3.8) is 0 Å². The zero-order chi connectivity index (χ0) is 19.2. The van der Waals surface area contributed by atoms with Crippen molar-refractivity contribution in [2.45, 2.75) is 26.3 Å². The van der Waals surface area contributed by atoms with Crippen molar-refractivity contribution < 1.29 is 14.8 Å². The molecule has 5 heteroatoms. The molecule has 2 aromatic rings. The Labute approximate surface area is 161 Å². The fourth-order valence-electron chi connectivity index (χ4n) is 3.66. The summed E-state index contributed by atoms with van der Waals surface area (Å²) in [7, 11) is 0. The standard InChI is InChI=1S/C22H29N3O2/c1-3-19(18-10-8-17(2)9-11-18)23-22(27)16-24-12-14-25(15-13-24)20-6-4-5-7-21(20)26/h4-11,19,26H,3,12-16H2,1-2H3,(H,23,27)/p+1/t19-/m1/s1. The van der Waals surface area contributed by atoms with Crippen molar-refractivity contribution in [2.24, 2.45) is 0 Å². The van der Waals surface area contributed by atoms with Crippen LogP contribution >= 0.6 is 0 Å². The number of aryl methyl sites for hydroxylation is 1. The predicted molar refractivity (Wildman–Crippen MR) is 108 cm³/mol. The molecule has 3 N–H and O–H groups in total. The molecule has 0 aliphatic carbocycles. The molecule has 0 spiro atoms. The normalized spacial score (nSPS) is 16.1. The molecule has 1 heterocycles. The summed E-state index contributed by atoms with van der Waals surface area (Å²) < 4.78 is 0. The molecular weight excluding hydrogens is 338 g/mol. The Bertz CT molecular complexity index is 752. The van der Waals surface area contributed by atoms with Gasteiger partial charge in [0.2, 0.25) is 0 Å².